The third-order valence-corrected chi connectivity index (χ3v) is 3.77. The second-order valence-electron chi connectivity index (χ2n) is 5.31. The molecular weight excluding hydrogens is 280 g/mol. The SMILES string of the molecule is CCOCC1OC2=C(C=CCC2)OC1C(=O)c1ccccc1. The highest BCUT2D eigenvalue weighted by Crippen LogP contribution is 2.31. The molecule has 0 N–H and O–H groups in total. The average Bonchev–Trinajstić information content (AvgIpc) is 2.59. The molecule has 3 rings (SSSR count). The number of ketones is 1. The van der Waals surface area contributed by atoms with E-state index in [0.29, 0.717) is 24.5 Å². The lowest BCUT2D eigenvalue weighted by Gasteiger charge is -2.35. The molecule has 0 aromatic heterocycles. The van der Waals surface area contributed by atoms with Crippen molar-refractivity contribution < 1.29 is 19.0 Å². The number of ether oxygens (including phenoxy) is 3. The molecule has 1 aromatic carbocycles. The van der Waals surface area contributed by atoms with Gasteiger partial charge in [0.05, 0.1) is 6.61 Å². The third kappa shape index (κ3) is 3.07. The largest absolute Gasteiger partial charge is 0.484 e. The minimum Gasteiger partial charge on any atom is -0.484 e. The van der Waals surface area contributed by atoms with Crippen LogP contribution in [0.2, 0.25) is 0 Å². The fourth-order valence-corrected chi connectivity index (χ4v) is 2.64. The molecule has 2 unspecified atom stereocenters. The van der Waals surface area contributed by atoms with Crippen LogP contribution in [0.15, 0.2) is 54.0 Å². The van der Waals surface area contributed by atoms with E-state index in [1.54, 1.807) is 12.1 Å². The summed E-state index contributed by atoms with van der Waals surface area (Å²) >= 11 is 0. The van der Waals surface area contributed by atoms with Crippen molar-refractivity contribution in [2.45, 2.75) is 32.0 Å². The molecule has 0 spiro atoms. The van der Waals surface area contributed by atoms with E-state index in [2.05, 4.69) is 0 Å². The number of hydrogen-bond donors (Lipinski definition) is 0. The summed E-state index contributed by atoms with van der Waals surface area (Å²) in [7, 11) is 0. The van der Waals surface area contributed by atoms with Crippen molar-refractivity contribution in [2.24, 2.45) is 0 Å². The fourth-order valence-electron chi connectivity index (χ4n) is 2.64. The van der Waals surface area contributed by atoms with Crippen molar-refractivity contribution in [3.8, 4) is 0 Å². The first-order chi connectivity index (χ1) is 10.8. The normalized spacial score (nSPS) is 23.5. The quantitative estimate of drug-likeness (QED) is 0.783. The molecule has 116 valence electrons. The summed E-state index contributed by atoms with van der Waals surface area (Å²) in [6, 6.07) is 9.17. The second-order valence-corrected chi connectivity index (χ2v) is 5.31. The topological polar surface area (TPSA) is 44.8 Å². The molecule has 1 aliphatic heterocycles. The zero-order valence-electron chi connectivity index (χ0n) is 12.7. The predicted molar refractivity (Wildman–Crippen MR) is 82.4 cm³/mol. The van der Waals surface area contributed by atoms with E-state index in [1.165, 1.54) is 0 Å². The summed E-state index contributed by atoms with van der Waals surface area (Å²) in [5, 5.41) is 0. The van der Waals surface area contributed by atoms with E-state index in [4.69, 9.17) is 14.2 Å². The third-order valence-electron chi connectivity index (χ3n) is 3.77. The number of Topliss-reactive ketones (excluding diaryl/α,β-unsaturated/α-hetero) is 1. The number of benzene rings is 1. The van der Waals surface area contributed by atoms with Crippen molar-refractivity contribution in [2.75, 3.05) is 13.2 Å². The second kappa shape index (κ2) is 6.79. The van der Waals surface area contributed by atoms with Crippen LogP contribution in [0.5, 0.6) is 0 Å². The first-order valence-electron chi connectivity index (χ1n) is 7.69. The van der Waals surface area contributed by atoms with E-state index < -0.39 is 12.2 Å². The first kappa shape index (κ1) is 14.9. The van der Waals surface area contributed by atoms with Crippen LogP contribution in [0.25, 0.3) is 0 Å². The Kier molecular flexibility index (Phi) is 4.59. The van der Waals surface area contributed by atoms with Crippen LogP contribution < -0.4 is 0 Å². The zero-order valence-corrected chi connectivity index (χ0v) is 12.7. The molecule has 0 amide bonds. The summed E-state index contributed by atoms with van der Waals surface area (Å²) in [4.78, 5) is 12.7. The van der Waals surface area contributed by atoms with Gasteiger partial charge in [-0.3, -0.25) is 4.79 Å². The monoisotopic (exact) mass is 300 g/mol. The maximum Gasteiger partial charge on any atom is 0.207 e. The van der Waals surface area contributed by atoms with E-state index >= 15 is 0 Å². The van der Waals surface area contributed by atoms with Gasteiger partial charge in [-0.2, -0.15) is 0 Å². The molecule has 22 heavy (non-hydrogen) atoms. The molecule has 1 aromatic rings. The van der Waals surface area contributed by atoms with Gasteiger partial charge >= 0.3 is 0 Å². The standard InChI is InChI=1S/C18H20O4/c1-2-20-12-16-18(17(19)13-8-4-3-5-9-13)22-15-11-7-6-10-14(15)21-16/h3-5,7-9,11,16,18H,2,6,10,12H2,1H3. The maximum atomic E-state index is 12.7. The highest BCUT2D eigenvalue weighted by Gasteiger charge is 2.38. The fraction of sp³-hybridized carbons (Fsp3) is 0.389. The van der Waals surface area contributed by atoms with Crippen LogP contribution in [-0.4, -0.2) is 31.2 Å². The van der Waals surface area contributed by atoms with Gasteiger partial charge in [-0.05, 0) is 19.4 Å². The molecule has 2 atom stereocenters. The van der Waals surface area contributed by atoms with Gasteiger partial charge in [0, 0.05) is 18.6 Å². The van der Waals surface area contributed by atoms with Crippen LogP contribution in [-0.2, 0) is 14.2 Å². The van der Waals surface area contributed by atoms with Crippen molar-refractivity contribution in [1.82, 2.24) is 0 Å². The molecule has 2 aliphatic rings. The number of rotatable bonds is 5. The lowest BCUT2D eigenvalue weighted by Crippen LogP contribution is -2.44. The van der Waals surface area contributed by atoms with Gasteiger partial charge in [-0.15, -0.1) is 0 Å². The van der Waals surface area contributed by atoms with Crippen LogP contribution in [0.1, 0.15) is 30.1 Å². The molecule has 0 saturated carbocycles. The van der Waals surface area contributed by atoms with Crippen LogP contribution in [0.4, 0.5) is 0 Å². The summed E-state index contributed by atoms with van der Waals surface area (Å²) in [5.74, 6) is 1.42. The van der Waals surface area contributed by atoms with Gasteiger partial charge in [-0.1, -0.05) is 36.4 Å². The van der Waals surface area contributed by atoms with Gasteiger partial charge in [0.1, 0.15) is 5.76 Å². The Balaban J connectivity index is 1.84. The molecule has 1 aliphatic carbocycles. The average molecular weight is 300 g/mol. The molecule has 0 fully saturated rings. The van der Waals surface area contributed by atoms with Crippen molar-refractivity contribution in [3.05, 3.63) is 59.6 Å². The molecule has 4 heteroatoms. The van der Waals surface area contributed by atoms with E-state index in [-0.39, 0.29) is 5.78 Å². The molecular formula is C18H20O4. The Morgan fingerprint density at radius 2 is 2.09 bits per heavy atom. The van der Waals surface area contributed by atoms with Gasteiger partial charge < -0.3 is 14.2 Å². The molecule has 0 bridgehead atoms. The Morgan fingerprint density at radius 1 is 1.27 bits per heavy atom. The molecule has 1 heterocycles. The van der Waals surface area contributed by atoms with Crippen LogP contribution >= 0.6 is 0 Å². The number of carbonyl (C=O) groups excluding carboxylic acids is 1. The lowest BCUT2D eigenvalue weighted by molar-refractivity contribution is -0.0802. The number of hydrogen-bond acceptors (Lipinski definition) is 4. The first-order valence-corrected chi connectivity index (χ1v) is 7.69. The van der Waals surface area contributed by atoms with Crippen molar-refractivity contribution in [1.29, 1.82) is 0 Å². The van der Waals surface area contributed by atoms with Gasteiger partial charge in [-0.25, -0.2) is 0 Å². The molecule has 4 nitrogen and oxygen atoms in total. The van der Waals surface area contributed by atoms with Crippen molar-refractivity contribution in [3.63, 3.8) is 0 Å². The number of allylic oxidation sites excluding steroid dienone is 3. The van der Waals surface area contributed by atoms with Gasteiger partial charge in [0.15, 0.2) is 11.9 Å². The Morgan fingerprint density at radius 3 is 2.86 bits per heavy atom. The Bertz CT molecular complexity index is 588. The van der Waals surface area contributed by atoms with Crippen LogP contribution in [0, 0.1) is 0 Å². The number of carbonyl (C=O) groups is 1. The summed E-state index contributed by atoms with van der Waals surface area (Å²) < 4.78 is 17.4. The van der Waals surface area contributed by atoms with Gasteiger partial charge in [0.25, 0.3) is 0 Å². The molecule has 0 radical (unpaired) electrons. The van der Waals surface area contributed by atoms with E-state index in [1.807, 2.05) is 37.3 Å². The summed E-state index contributed by atoms with van der Waals surface area (Å²) in [6.45, 7) is 2.85. The minimum atomic E-state index is -0.671. The smallest absolute Gasteiger partial charge is 0.207 e. The highest BCUT2D eigenvalue weighted by atomic mass is 16.6. The zero-order chi connectivity index (χ0) is 15.4. The predicted octanol–water partition coefficient (Wildman–Crippen LogP) is 3.25. The Hall–Kier alpha value is -2.07. The van der Waals surface area contributed by atoms with E-state index in [9.17, 15) is 4.79 Å². The summed E-state index contributed by atoms with van der Waals surface area (Å²) in [6.07, 6.45) is 4.59. The van der Waals surface area contributed by atoms with Crippen LogP contribution in [0.3, 0.4) is 0 Å². The van der Waals surface area contributed by atoms with E-state index in [0.717, 1.165) is 18.6 Å². The lowest BCUT2D eigenvalue weighted by atomic mass is 10.00. The molecule has 0 saturated heterocycles. The minimum absolute atomic E-state index is 0.0733. The van der Waals surface area contributed by atoms with Gasteiger partial charge in [0.2, 0.25) is 11.9 Å². The summed E-state index contributed by atoms with van der Waals surface area (Å²) in [5.41, 5.74) is 0.626. The Labute approximate surface area is 130 Å². The maximum absolute atomic E-state index is 12.7. The van der Waals surface area contributed by atoms with Crippen molar-refractivity contribution >= 4 is 5.78 Å². The highest BCUT2D eigenvalue weighted by molar-refractivity contribution is 6.00.